The fourth-order valence-corrected chi connectivity index (χ4v) is 1.56. The summed E-state index contributed by atoms with van der Waals surface area (Å²) < 4.78 is 10.3. The highest BCUT2D eigenvalue weighted by atomic mass is 16.5. The number of nitrogens with zero attached hydrogens (tertiary/aromatic N) is 2. The molecule has 0 unspecified atom stereocenters. The van der Waals surface area contributed by atoms with Gasteiger partial charge in [0.15, 0.2) is 6.61 Å². The molecule has 1 heterocycles. The van der Waals surface area contributed by atoms with Gasteiger partial charge in [-0.15, -0.1) is 10.2 Å². The molecule has 0 amide bonds. The van der Waals surface area contributed by atoms with Gasteiger partial charge in [0, 0.05) is 0 Å². The summed E-state index contributed by atoms with van der Waals surface area (Å²) in [4.78, 5) is 10.5. The average molecular weight is 248 g/mol. The lowest BCUT2D eigenvalue weighted by Gasteiger charge is -2.05. The molecule has 0 radical (unpaired) electrons. The number of hydrogen-bond acceptors (Lipinski definition) is 5. The van der Waals surface area contributed by atoms with Crippen LogP contribution in [0.2, 0.25) is 0 Å². The smallest absolute Gasteiger partial charge is 0.393 e. The molecule has 1 N–H and O–H groups in total. The molecule has 0 aliphatic carbocycles. The third-order valence-electron chi connectivity index (χ3n) is 2.21. The molecule has 0 atom stereocenters. The van der Waals surface area contributed by atoms with Gasteiger partial charge in [0.1, 0.15) is 5.75 Å². The third-order valence-corrected chi connectivity index (χ3v) is 2.21. The van der Waals surface area contributed by atoms with Crippen molar-refractivity contribution in [3.8, 4) is 5.75 Å². The van der Waals surface area contributed by atoms with Crippen molar-refractivity contribution in [1.29, 1.82) is 0 Å². The number of carbonyl (C=O) groups is 1. The van der Waals surface area contributed by atoms with Gasteiger partial charge < -0.3 is 14.3 Å². The molecule has 18 heavy (non-hydrogen) atoms. The van der Waals surface area contributed by atoms with Crippen molar-refractivity contribution in [2.45, 2.75) is 20.5 Å². The molecule has 0 bridgehead atoms. The van der Waals surface area contributed by atoms with Gasteiger partial charge >= 0.3 is 11.9 Å². The van der Waals surface area contributed by atoms with Gasteiger partial charge in [-0.25, -0.2) is 4.79 Å². The second-order valence-electron chi connectivity index (χ2n) is 3.92. The van der Waals surface area contributed by atoms with Gasteiger partial charge in [-0.2, -0.15) is 0 Å². The first kappa shape index (κ1) is 12.1. The molecule has 2 aromatic rings. The van der Waals surface area contributed by atoms with E-state index >= 15 is 0 Å². The van der Waals surface area contributed by atoms with Crippen LogP contribution in [0.25, 0.3) is 0 Å². The Labute approximate surface area is 103 Å². The van der Waals surface area contributed by atoms with Crippen LogP contribution in [0.1, 0.15) is 27.7 Å². The van der Waals surface area contributed by atoms with E-state index in [1.54, 1.807) is 0 Å². The molecule has 0 aliphatic heterocycles. The highest BCUT2D eigenvalue weighted by Gasteiger charge is 2.13. The summed E-state index contributed by atoms with van der Waals surface area (Å²) in [6, 6.07) is 5.78. The van der Waals surface area contributed by atoms with Crippen molar-refractivity contribution in [2.75, 3.05) is 0 Å². The van der Waals surface area contributed by atoms with Crippen LogP contribution < -0.4 is 4.74 Å². The van der Waals surface area contributed by atoms with Crippen molar-refractivity contribution in [2.24, 2.45) is 0 Å². The predicted molar refractivity (Wildman–Crippen MR) is 61.5 cm³/mol. The first-order chi connectivity index (χ1) is 8.54. The first-order valence-electron chi connectivity index (χ1n) is 5.31. The molecular weight excluding hydrogens is 236 g/mol. The number of rotatable bonds is 4. The number of ether oxygens (including phenoxy) is 1. The summed E-state index contributed by atoms with van der Waals surface area (Å²) in [7, 11) is 0. The van der Waals surface area contributed by atoms with Crippen LogP contribution in [-0.4, -0.2) is 21.3 Å². The van der Waals surface area contributed by atoms with Crippen LogP contribution in [-0.2, 0) is 6.61 Å². The number of aromatic carboxylic acids is 1. The highest BCUT2D eigenvalue weighted by molar-refractivity contribution is 5.81. The Kier molecular flexibility index (Phi) is 3.27. The lowest BCUT2D eigenvalue weighted by molar-refractivity contribution is 0.0649. The fourth-order valence-electron chi connectivity index (χ4n) is 1.56. The zero-order chi connectivity index (χ0) is 13.1. The summed E-state index contributed by atoms with van der Waals surface area (Å²) in [5, 5.41) is 15.6. The van der Waals surface area contributed by atoms with Gasteiger partial charge in [-0.05, 0) is 37.1 Å². The molecule has 1 aromatic heterocycles. The standard InChI is InChI=1S/C12H12N2O4/c1-7-3-8(2)5-9(4-7)17-6-10-13-14-11(18-10)12(15)16/h3-5H,6H2,1-2H3,(H,15,16). The van der Waals surface area contributed by atoms with Crippen LogP contribution in [0.15, 0.2) is 22.6 Å². The van der Waals surface area contributed by atoms with Crippen molar-refractivity contribution in [3.05, 3.63) is 41.1 Å². The molecular formula is C12H12N2O4. The molecule has 0 saturated carbocycles. The molecule has 0 fully saturated rings. The molecule has 2 rings (SSSR count). The molecule has 0 aliphatic rings. The number of carboxylic acids is 1. The summed E-state index contributed by atoms with van der Waals surface area (Å²) in [6.07, 6.45) is 0. The largest absolute Gasteiger partial charge is 0.484 e. The molecule has 94 valence electrons. The highest BCUT2D eigenvalue weighted by Crippen LogP contribution is 2.17. The minimum atomic E-state index is -1.25. The van der Waals surface area contributed by atoms with Gasteiger partial charge in [0.05, 0.1) is 0 Å². The van der Waals surface area contributed by atoms with E-state index < -0.39 is 11.9 Å². The van der Waals surface area contributed by atoms with E-state index in [1.165, 1.54) is 0 Å². The number of aryl methyl sites for hydroxylation is 2. The molecule has 6 nitrogen and oxygen atoms in total. The van der Waals surface area contributed by atoms with E-state index in [0.29, 0.717) is 5.75 Å². The SMILES string of the molecule is Cc1cc(C)cc(OCc2nnc(C(=O)O)o2)c1. The normalized spacial score (nSPS) is 10.3. The quantitative estimate of drug-likeness (QED) is 0.890. The van der Waals surface area contributed by atoms with E-state index in [0.717, 1.165) is 11.1 Å². The monoisotopic (exact) mass is 248 g/mol. The van der Waals surface area contributed by atoms with Crippen LogP contribution in [0.3, 0.4) is 0 Å². The fraction of sp³-hybridized carbons (Fsp3) is 0.250. The lowest BCUT2D eigenvalue weighted by Crippen LogP contribution is -1.96. The summed E-state index contributed by atoms with van der Waals surface area (Å²) in [6.45, 7) is 3.98. The maximum atomic E-state index is 10.5. The van der Waals surface area contributed by atoms with Crippen molar-refractivity contribution in [3.63, 3.8) is 0 Å². The summed E-state index contributed by atoms with van der Waals surface area (Å²) >= 11 is 0. The second kappa shape index (κ2) is 4.87. The Hall–Kier alpha value is -2.37. The van der Waals surface area contributed by atoms with E-state index in [4.69, 9.17) is 14.3 Å². The van der Waals surface area contributed by atoms with Crippen molar-refractivity contribution >= 4 is 5.97 Å². The average Bonchev–Trinajstić information content (AvgIpc) is 2.73. The van der Waals surface area contributed by atoms with E-state index in [-0.39, 0.29) is 12.5 Å². The van der Waals surface area contributed by atoms with Crippen LogP contribution in [0, 0.1) is 13.8 Å². The Morgan fingerprint density at radius 2 is 1.94 bits per heavy atom. The summed E-state index contributed by atoms with van der Waals surface area (Å²) in [5.74, 6) is -0.872. The zero-order valence-electron chi connectivity index (χ0n) is 10.0. The Morgan fingerprint density at radius 3 is 2.50 bits per heavy atom. The van der Waals surface area contributed by atoms with Crippen LogP contribution >= 0.6 is 0 Å². The predicted octanol–water partition coefficient (Wildman–Crippen LogP) is 1.96. The molecule has 6 heteroatoms. The molecule has 0 saturated heterocycles. The first-order valence-corrected chi connectivity index (χ1v) is 5.31. The number of carboxylic acid groups (broad SMARTS) is 1. The van der Waals surface area contributed by atoms with Gasteiger partial charge in [-0.3, -0.25) is 0 Å². The van der Waals surface area contributed by atoms with Crippen molar-refractivity contribution in [1.82, 2.24) is 10.2 Å². The maximum Gasteiger partial charge on any atom is 0.393 e. The van der Waals surface area contributed by atoms with Gasteiger partial charge in [-0.1, -0.05) is 6.07 Å². The van der Waals surface area contributed by atoms with Gasteiger partial charge in [0.2, 0.25) is 0 Å². The van der Waals surface area contributed by atoms with E-state index in [9.17, 15) is 4.79 Å². The number of aromatic nitrogens is 2. The Bertz CT molecular complexity index is 557. The van der Waals surface area contributed by atoms with Crippen molar-refractivity contribution < 1.29 is 19.1 Å². The number of hydrogen-bond donors (Lipinski definition) is 1. The summed E-state index contributed by atoms with van der Waals surface area (Å²) in [5.41, 5.74) is 2.17. The second-order valence-corrected chi connectivity index (χ2v) is 3.92. The minimum absolute atomic E-state index is 0.0448. The topological polar surface area (TPSA) is 85.5 Å². The van der Waals surface area contributed by atoms with E-state index in [2.05, 4.69) is 10.2 Å². The lowest BCUT2D eigenvalue weighted by atomic mass is 10.1. The minimum Gasteiger partial charge on any atom is -0.484 e. The third kappa shape index (κ3) is 2.85. The molecule has 1 aromatic carbocycles. The Morgan fingerprint density at radius 1 is 1.28 bits per heavy atom. The van der Waals surface area contributed by atoms with Gasteiger partial charge in [0.25, 0.3) is 5.89 Å². The molecule has 0 spiro atoms. The maximum absolute atomic E-state index is 10.5. The Balaban J connectivity index is 2.04. The van der Waals surface area contributed by atoms with E-state index in [1.807, 2.05) is 32.0 Å². The van der Waals surface area contributed by atoms with Crippen LogP contribution in [0.4, 0.5) is 0 Å². The number of benzene rings is 1. The zero-order valence-corrected chi connectivity index (χ0v) is 10.0. The van der Waals surface area contributed by atoms with Crippen LogP contribution in [0.5, 0.6) is 5.75 Å².